The number of carbonyl (C=O) groups is 1. The van der Waals surface area contributed by atoms with E-state index in [0.29, 0.717) is 6.54 Å². The number of hydrogen-bond donors (Lipinski definition) is 1. The lowest BCUT2D eigenvalue weighted by atomic mass is 9.97. The molecule has 2 aromatic heterocycles. The van der Waals surface area contributed by atoms with E-state index in [-0.39, 0.29) is 18.0 Å². The Bertz CT molecular complexity index is 1080. The van der Waals surface area contributed by atoms with E-state index < -0.39 is 0 Å². The highest BCUT2D eigenvalue weighted by Gasteiger charge is 2.23. The molecule has 8 heteroatoms. The van der Waals surface area contributed by atoms with Crippen molar-refractivity contribution in [2.75, 3.05) is 6.79 Å². The van der Waals surface area contributed by atoms with E-state index in [9.17, 15) is 4.79 Å². The highest BCUT2D eigenvalue weighted by molar-refractivity contribution is 8.00. The lowest BCUT2D eigenvalue weighted by Gasteiger charge is -2.14. The van der Waals surface area contributed by atoms with E-state index in [2.05, 4.69) is 15.3 Å². The van der Waals surface area contributed by atoms with Gasteiger partial charge >= 0.3 is 0 Å². The molecular formula is C21H21N3O3S2. The topological polar surface area (TPSA) is 73.3 Å². The molecule has 2 aliphatic rings. The van der Waals surface area contributed by atoms with Crippen LogP contribution in [-0.2, 0) is 24.2 Å². The third-order valence-electron chi connectivity index (χ3n) is 5.28. The SMILES string of the molecule is C[C@@H](Sc1ncnc2sc3c(c12)CCCC3)C(=O)NCc1ccc2c(c1)OCO2. The lowest BCUT2D eigenvalue weighted by molar-refractivity contribution is -0.120. The Morgan fingerprint density at radius 1 is 1.24 bits per heavy atom. The molecule has 0 saturated heterocycles. The summed E-state index contributed by atoms with van der Waals surface area (Å²) in [6.45, 7) is 2.62. The Balaban J connectivity index is 1.28. The van der Waals surface area contributed by atoms with E-state index >= 15 is 0 Å². The largest absolute Gasteiger partial charge is 0.454 e. The number of benzene rings is 1. The van der Waals surface area contributed by atoms with Gasteiger partial charge in [0.15, 0.2) is 11.5 Å². The number of nitrogens with one attached hydrogen (secondary N) is 1. The first-order valence-electron chi connectivity index (χ1n) is 9.77. The molecule has 0 radical (unpaired) electrons. The number of thiophene rings is 1. The Hall–Kier alpha value is -2.32. The number of carbonyl (C=O) groups excluding carboxylic acids is 1. The molecule has 0 unspecified atom stereocenters. The molecule has 1 atom stereocenters. The van der Waals surface area contributed by atoms with Gasteiger partial charge in [-0.05, 0) is 55.9 Å². The lowest BCUT2D eigenvalue weighted by Crippen LogP contribution is -2.30. The second kappa shape index (κ2) is 7.84. The second-order valence-electron chi connectivity index (χ2n) is 7.24. The summed E-state index contributed by atoms with van der Waals surface area (Å²) >= 11 is 3.29. The van der Waals surface area contributed by atoms with Gasteiger partial charge in [-0.15, -0.1) is 11.3 Å². The number of ether oxygens (including phenoxy) is 2. The first kappa shape index (κ1) is 18.7. The maximum atomic E-state index is 12.7. The van der Waals surface area contributed by atoms with Gasteiger partial charge in [0.2, 0.25) is 12.7 Å². The minimum absolute atomic E-state index is 0.0106. The standard InChI is InChI=1S/C21H21N3O3S2/c1-12(19(25)22-9-13-6-7-15-16(8-13)27-11-26-15)28-20-18-14-4-2-3-5-17(14)29-21(18)24-10-23-20/h6-8,10,12H,2-5,9,11H2,1H3,(H,22,25)/t12-/m1/s1. The van der Waals surface area contributed by atoms with Crippen molar-refractivity contribution in [2.24, 2.45) is 0 Å². The van der Waals surface area contributed by atoms with Gasteiger partial charge < -0.3 is 14.8 Å². The minimum Gasteiger partial charge on any atom is -0.454 e. The highest BCUT2D eigenvalue weighted by atomic mass is 32.2. The molecule has 29 heavy (non-hydrogen) atoms. The van der Waals surface area contributed by atoms with E-state index in [0.717, 1.165) is 45.1 Å². The van der Waals surface area contributed by atoms with Crippen molar-refractivity contribution < 1.29 is 14.3 Å². The summed E-state index contributed by atoms with van der Waals surface area (Å²) < 4.78 is 10.7. The number of aryl methyl sites for hydroxylation is 2. The summed E-state index contributed by atoms with van der Waals surface area (Å²) in [7, 11) is 0. The number of amides is 1. The Morgan fingerprint density at radius 2 is 2.10 bits per heavy atom. The molecule has 0 spiro atoms. The van der Waals surface area contributed by atoms with Crippen molar-refractivity contribution in [3.63, 3.8) is 0 Å². The van der Waals surface area contributed by atoms with Crippen molar-refractivity contribution >= 4 is 39.2 Å². The van der Waals surface area contributed by atoms with Crippen LogP contribution in [0.5, 0.6) is 11.5 Å². The molecule has 0 saturated carbocycles. The summed E-state index contributed by atoms with van der Waals surface area (Å²) in [5, 5.41) is 4.85. The van der Waals surface area contributed by atoms with E-state index in [1.165, 1.54) is 35.0 Å². The second-order valence-corrected chi connectivity index (χ2v) is 9.65. The molecule has 1 N–H and O–H groups in total. The maximum absolute atomic E-state index is 12.7. The van der Waals surface area contributed by atoms with Gasteiger partial charge in [-0.1, -0.05) is 17.8 Å². The monoisotopic (exact) mass is 427 g/mol. The molecule has 6 nitrogen and oxygen atoms in total. The van der Waals surface area contributed by atoms with E-state index in [1.807, 2.05) is 25.1 Å². The summed E-state index contributed by atoms with van der Waals surface area (Å²) in [5.74, 6) is 1.46. The van der Waals surface area contributed by atoms with Gasteiger partial charge in [0, 0.05) is 16.8 Å². The molecule has 3 heterocycles. The average molecular weight is 428 g/mol. The Kier molecular flexibility index (Phi) is 5.05. The molecule has 1 aliphatic carbocycles. The van der Waals surface area contributed by atoms with Crippen LogP contribution < -0.4 is 14.8 Å². The zero-order chi connectivity index (χ0) is 19.8. The van der Waals surface area contributed by atoms with Gasteiger partial charge in [0.1, 0.15) is 16.2 Å². The maximum Gasteiger partial charge on any atom is 0.233 e. The smallest absolute Gasteiger partial charge is 0.233 e. The van der Waals surface area contributed by atoms with Crippen LogP contribution in [0.15, 0.2) is 29.6 Å². The van der Waals surface area contributed by atoms with Crippen LogP contribution >= 0.6 is 23.1 Å². The number of nitrogens with zero attached hydrogens (tertiary/aromatic N) is 2. The normalized spacial score (nSPS) is 15.9. The fourth-order valence-electron chi connectivity index (χ4n) is 3.76. The molecule has 0 bridgehead atoms. The zero-order valence-corrected chi connectivity index (χ0v) is 17.7. The van der Waals surface area contributed by atoms with Crippen molar-refractivity contribution in [1.29, 1.82) is 0 Å². The molecule has 150 valence electrons. The Morgan fingerprint density at radius 3 is 3.03 bits per heavy atom. The van der Waals surface area contributed by atoms with E-state index in [4.69, 9.17) is 9.47 Å². The number of hydrogen-bond acceptors (Lipinski definition) is 7. The fourth-order valence-corrected chi connectivity index (χ4v) is 6.02. The van der Waals surface area contributed by atoms with Crippen molar-refractivity contribution in [2.45, 2.75) is 49.4 Å². The average Bonchev–Trinajstić information content (AvgIpc) is 3.36. The fraction of sp³-hybridized carbons (Fsp3) is 0.381. The van der Waals surface area contributed by atoms with Gasteiger partial charge in [-0.3, -0.25) is 4.79 Å². The molecular weight excluding hydrogens is 406 g/mol. The summed E-state index contributed by atoms with van der Waals surface area (Å²) in [5.41, 5.74) is 2.38. The Labute approximate surface area is 177 Å². The van der Waals surface area contributed by atoms with Crippen LogP contribution in [0.25, 0.3) is 10.2 Å². The highest BCUT2D eigenvalue weighted by Crippen LogP contribution is 2.40. The van der Waals surface area contributed by atoms with E-state index in [1.54, 1.807) is 17.7 Å². The van der Waals surface area contributed by atoms with Crippen LogP contribution in [0, 0.1) is 0 Å². The van der Waals surface area contributed by atoms with Crippen molar-refractivity contribution in [3.05, 3.63) is 40.5 Å². The molecule has 1 amide bonds. The van der Waals surface area contributed by atoms with Crippen LogP contribution in [0.4, 0.5) is 0 Å². The van der Waals surface area contributed by atoms with Gasteiger partial charge in [-0.2, -0.15) is 0 Å². The summed E-state index contributed by atoms with van der Waals surface area (Å²) in [6.07, 6.45) is 6.29. The van der Waals surface area contributed by atoms with Crippen LogP contribution in [0.1, 0.15) is 35.8 Å². The predicted octanol–water partition coefficient (Wildman–Crippen LogP) is 4.10. The van der Waals surface area contributed by atoms with Crippen LogP contribution in [0.3, 0.4) is 0 Å². The minimum atomic E-state index is -0.249. The van der Waals surface area contributed by atoms with Gasteiger partial charge in [-0.25, -0.2) is 9.97 Å². The number of aromatic nitrogens is 2. The van der Waals surface area contributed by atoms with Crippen LogP contribution in [-0.4, -0.2) is 27.9 Å². The van der Waals surface area contributed by atoms with Gasteiger partial charge in [0.25, 0.3) is 0 Å². The van der Waals surface area contributed by atoms with Gasteiger partial charge in [0.05, 0.1) is 5.25 Å². The van der Waals surface area contributed by atoms with Crippen molar-refractivity contribution in [3.8, 4) is 11.5 Å². The van der Waals surface area contributed by atoms with Crippen molar-refractivity contribution in [1.82, 2.24) is 15.3 Å². The summed E-state index contributed by atoms with van der Waals surface area (Å²) in [6, 6.07) is 5.72. The molecule has 5 rings (SSSR count). The third-order valence-corrected chi connectivity index (χ3v) is 7.58. The first-order chi connectivity index (χ1) is 14.2. The number of thioether (sulfide) groups is 1. The molecule has 3 aromatic rings. The summed E-state index contributed by atoms with van der Waals surface area (Å²) in [4.78, 5) is 24.2. The molecule has 0 fully saturated rings. The molecule has 1 aromatic carbocycles. The quantitative estimate of drug-likeness (QED) is 0.488. The molecule has 1 aliphatic heterocycles. The first-order valence-corrected chi connectivity index (χ1v) is 11.5. The number of fused-ring (bicyclic) bond motifs is 4. The predicted molar refractivity (Wildman–Crippen MR) is 114 cm³/mol. The number of rotatable bonds is 5. The zero-order valence-electron chi connectivity index (χ0n) is 16.1. The van der Waals surface area contributed by atoms with Crippen LogP contribution in [0.2, 0.25) is 0 Å². The third kappa shape index (κ3) is 3.67.